The number of halogens is 1. The number of benzene rings is 2. The smallest absolute Gasteiger partial charge is 0.228 e. The monoisotopic (exact) mass is 686 g/mol. The Kier molecular flexibility index (Phi) is 18.9. The van der Waals surface area contributed by atoms with Gasteiger partial charge in [0.25, 0.3) is 0 Å². The Hall–Kier alpha value is -1.92. The van der Waals surface area contributed by atoms with Gasteiger partial charge in [-0.15, -0.1) is 28.7 Å². The molecule has 0 saturated heterocycles. The van der Waals surface area contributed by atoms with Crippen molar-refractivity contribution in [1.29, 1.82) is 0 Å². The van der Waals surface area contributed by atoms with E-state index >= 15 is 0 Å². The van der Waals surface area contributed by atoms with E-state index in [4.69, 9.17) is 4.74 Å². The Morgan fingerprint density at radius 3 is 1.93 bits per heavy atom. The summed E-state index contributed by atoms with van der Waals surface area (Å²) in [5.41, 5.74) is 4.20. The van der Waals surface area contributed by atoms with Crippen molar-refractivity contribution in [2.45, 2.75) is 136 Å². The molecule has 246 valence electrons. The first-order chi connectivity index (χ1) is 20.8. The van der Waals surface area contributed by atoms with Crippen molar-refractivity contribution >= 4 is 40.3 Å². The zero-order valence-electron chi connectivity index (χ0n) is 28.0. The van der Waals surface area contributed by atoms with Gasteiger partial charge in [-0.3, -0.25) is 4.79 Å². The molecular weight excluding hydrogens is 628 g/mol. The van der Waals surface area contributed by atoms with Gasteiger partial charge in [-0.1, -0.05) is 135 Å². The highest BCUT2D eigenvalue weighted by atomic mass is 79.9. The van der Waals surface area contributed by atoms with E-state index in [1.807, 2.05) is 30.0 Å². The number of amides is 1. The van der Waals surface area contributed by atoms with Crippen LogP contribution >= 0.6 is 28.7 Å². The number of carbonyl (C=O) groups is 1. The van der Waals surface area contributed by atoms with Crippen LogP contribution in [0.15, 0.2) is 54.1 Å². The van der Waals surface area contributed by atoms with E-state index in [1.54, 1.807) is 0 Å². The van der Waals surface area contributed by atoms with Gasteiger partial charge in [-0.25, -0.2) is 0 Å². The molecule has 0 spiro atoms. The summed E-state index contributed by atoms with van der Waals surface area (Å²) in [5, 5.41) is 5.19. The van der Waals surface area contributed by atoms with Crippen molar-refractivity contribution in [3.8, 4) is 5.75 Å². The Labute approximate surface area is 284 Å². The number of carbonyl (C=O) groups excluding carboxylic acids is 1. The van der Waals surface area contributed by atoms with Crippen LogP contribution in [0.4, 0.5) is 5.69 Å². The first kappa shape index (κ1) is 38.3. The lowest BCUT2D eigenvalue weighted by molar-refractivity contribution is -0.115. The highest BCUT2D eigenvalue weighted by molar-refractivity contribution is 8.93. The molecule has 2 aromatic carbocycles. The topological polar surface area (TPSA) is 41.6 Å². The lowest BCUT2D eigenvalue weighted by Crippen LogP contribution is -2.17. The molecule has 0 bridgehead atoms. The second kappa shape index (κ2) is 21.8. The number of unbranched alkanes of at least 4 members (excludes halogenated alkanes) is 13. The number of anilines is 1. The quantitative estimate of drug-likeness (QED) is 0.133. The minimum absolute atomic E-state index is 0. The fourth-order valence-corrected chi connectivity index (χ4v) is 6.32. The number of thioether (sulfide) groups is 1. The van der Waals surface area contributed by atoms with E-state index in [-0.39, 0.29) is 28.3 Å². The van der Waals surface area contributed by atoms with Gasteiger partial charge >= 0.3 is 0 Å². The summed E-state index contributed by atoms with van der Waals surface area (Å²) in [4.78, 5) is 15.1. The highest BCUT2D eigenvalue weighted by Gasteiger charge is 2.20. The maximum absolute atomic E-state index is 12.9. The van der Waals surface area contributed by atoms with Crippen LogP contribution in [0.25, 0.3) is 0 Å². The number of hydrogen-bond acceptors (Lipinski definition) is 4. The summed E-state index contributed by atoms with van der Waals surface area (Å²) in [6.07, 6.45) is 21.5. The molecule has 3 rings (SSSR count). The van der Waals surface area contributed by atoms with Gasteiger partial charge in [0.05, 0.1) is 18.9 Å². The maximum Gasteiger partial charge on any atom is 0.228 e. The summed E-state index contributed by atoms with van der Waals surface area (Å²) < 4.78 is 6.28. The molecule has 1 heterocycles. The second-order valence-corrected chi connectivity index (χ2v) is 14.1. The summed E-state index contributed by atoms with van der Waals surface area (Å²) in [7, 11) is 0. The van der Waals surface area contributed by atoms with E-state index in [0.29, 0.717) is 6.42 Å². The summed E-state index contributed by atoms with van der Waals surface area (Å²) in [5.74, 6) is 1.95. The van der Waals surface area contributed by atoms with Crippen molar-refractivity contribution in [3.05, 3.63) is 70.8 Å². The molecule has 0 fully saturated rings. The van der Waals surface area contributed by atoms with Crippen molar-refractivity contribution in [1.82, 2.24) is 4.90 Å². The Balaban J connectivity index is 0.00000675. The summed E-state index contributed by atoms with van der Waals surface area (Å²) in [6.45, 7) is 10.6. The van der Waals surface area contributed by atoms with Gasteiger partial charge in [-0.05, 0) is 52.1 Å². The molecule has 44 heavy (non-hydrogen) atoms. The third-order valence-corrected chi connectivity index (χ3v) is 9.00. The van der Waals surface area contributed by atoms with Crippen LogP contribution < -0.4 is 10.1 Å². The predicted molar refractivity (Wildman–Crippen MR) is 197 cm³/mol. The van der Waals surface area contributed by atoms with E-state index in [2.05, 4.69) is 73.8 Å². The molecule has 0 atom stereocenters. The molecule has 4 nitrogen and oxygen atoms in total. The molecule has 1 N–H and O–H groups in total. The van der Waals surface area contributed by atoms with E-state index in [1.165, 1.54) is 94.6 Å². The number of ether oxygens (including phenoxy) is 1. The van der Waals surface area contributed by atoms with Crippen LogP contribution in [0.1, 0.15) is 134 Å². The van der Waals surface area contributed by atoms with E-state index in [0.717, 1.165) is 42.4 Å². The van der Waals surface area contributed by atoms with Gasteiger partial charge in [0.15, 0.2) is 0 Å². The van der Waals surface area contributed by atoms with Crippen LogP contribution in [0.2, 0.25) is 0 Å². The lowest BCUT2D eigenvalue weighted by atomic mass is 9.85. The molecule has 0 unspecified atom stereocenters. The molecule has 1 amide bonds. The largest absolute Gasteiger partial charge is 0.493 e. The molecule has 1 aliphatic heterocycles. The van der Waals surface area contributed by atoms with Crippen molar-refractivity contribution in [3.63, 3.8) is 0 Å². The fraction of sp³-hybridized carbons (Fsp3) is 0.605. The zero-order valence-corrected chi connectivity index (χ0v) is 30.5. The number of rotatable bonds is 21. The third kappa shape index (κ3) is 15.4. The van der Waals surface area contributed by atoms with Gasteiger partial charge < -0.3 is 15.0 Å². The first-order valence-corrected chi connectivity index (χ1v) is 18.1. The summed E-state index contributed by atoms with van der Waals surface area (Å²) in [6, 6.07) is 14.4. The minimum Gasteiger partial charge on any atom is -0.493 e. The molecule has 0 saturated carbocycles. The van der Waals surface area contributed by atoms with E-state index in [9.17, 15) is 4.79 Å². The normalized spacial score (nSPS) is 12.8. The number of nitrogens with one attached hydrogen (secondary N) is 1. The second-order valence-electron chi connectivity index (χ2n) is 13.3. The van der Waals surface area contributed by atoms with Crippen molar-refractivity contribution in [2.75, 3.05) is 17.8 Å². The van der Waals surface area contributed by atoms with Gasteiger partial charge in [0.1, 0.15) is 5.75 Å². The summed E-state index contributed by atoms with van der Waals surface area (Å²) >= 11 is 1.81. The van der Waals surface area contributed by atoms with Crippen molar-refractivity contribution in [2.24, 2.45) is 0 Å². The average molecular weight is 688 g/mol. The Morgan fingerprint density at radius 1 is 0.818 bits per heavy atom. The van der Waals surface area contributed by atoms with Crippen LogP contribution in [-0.4, -0.2) is 23.3 Å². The predicted octanol–water partition coefficient (Wildman–Crippen LogP) is 11.6. The number of nitrogens with zero attached hydrogens (tertiary/aromatic N) is 1. The molecule has 1 aliphatic rings. The molecule has 0 radical (unpaired) electrons. The van der Waals surface area contributed by atoms with Crippen LogP contribution in [0.3, 0.4) is 0 Å². The molecule has 0 aromatic heterocycles. The fourth-order valence-electron chi connectivity index (χ4n) is 5.61. The Morgan fingerprint density at radius 2 is 1.39 bits per heavy atom. The molecule has 2 aromatic rings. The molecular formula is C38H59BrN2O2S. The third-order valence-electron chi connectivity index (χ3n) is 8.20. The lowest BCUT2D eigenvalue weighted by Gasteiger charge is -2.24. The van der Waals surface area contributed by atoms with Gasteiger partial charge in [-0.2, -0.15) is 0 Å². The average Bonchev–Trinajstić information content (AvgIpc) is 3.49. The van der Waals surface area contributed by atoms with Gasteiger partial charge in [0.2, 0.25) is 5.91 Å². The maximum atomic E-state index is 12.9. The Bertz CT molecular complexity index is 1100. The number of hydrogen-bond donors (Lipinski definition) is 1. The molecule has 0 aliphatic carbocycles. The minimum atomic E-state index is -0.0593. The zero-order chi connectivity index (χ0) is 30.8. The highest BCUT2D eigenvalue weighted by Crippen LogP contribution is 2.33. The van der Waals surface area contributed by atoms with Crippen molar-refractivity contribution < 1.29 is 9.53 Å². The van der Waals surface area contributed by atoms with Crippen LogP contribution in [0.5, 0.6) is 5.75 Å². The van der Waals surface area contributed by atoms with E-state index < -0.39 is 0 Å². The SMILES string of the molecule is Br.CCCCCCCCCCCCCCCCOc1ccc(CC(=O)Nc2ccc(CN3C=CSC3)cc2)cc1C(C)(C)C. The van der Waals surface area contributed by atoms with Crippen LogP contribution in [0, 0.1) is 0 Å². The van der Waals surface area contributed by atoms with Crippen LogP contribution in [-0.2, 0) is 23.2 Å². The molecule has 6 heteroatoms. The first-order valence-electron chi connectivity index (χ1n) is 17.0. The standard InChI is InChI=1S/C38H58N2O2S.BrH/c1-5-6-7-8-9-10-11-12-13-14-15-16-17-18-26-42-36-24-21-33(28-35(36)38(2,3)4)29-37(41)39-34-22-19-32(20-23-34)30-40-25-27-43-31-40;/h19-25,27-28H,5-18,26,29-31H2,1-4H3,(H,39,41);1H. The van der Waals surface area contributed by atoms with Gasteiger partial charge in [0, 0.05) is 18.4 Å².